The summed E-state index contributed by atoms with van der Waals surface area (Å²) in [6.45, 7) is 5.94. The smallest absolute Gasteiger partial charge is 0.309 e. The largest absolute Gasteiger partial charge is 0.481 e. The number of rotatable bonds is 32. The molecule has 0 aliphatic rings. The van der Waals surface area contributed by atoms with E-state index in [9.17, 15) is 9.59 Å². The topological polar surface area (TPSA) is 63.6 Å². The Morgan fingerprint density at radius 3 is 1.38 bits per heavy atom. The normalized spacial score (nSPS) is 12.1. The van der Waals surface area contributed by atoms with Crippen molar-refractivity contribution in [3.8, 4) is 0 Å². The average molecular weight is 563 g/mol. The molecule has 0 fully saturated rings. The van der Waals surface area contributed by atoms with Gasteiger partial charge in [0.05, 0.1) is 12.3 Å². The molecule has 0 spiro atoms. The molecule has 0 aliphatic heterocycles. The highest BCUT2D eigenvalue weighted by atomic mass is 16.5. The first-order chi connectivity index (χ1) is 19.6. The van der Waals surface area contributed by atoms with Gasteiger partial charge in [-0.05, 0) is 32.1 Å². The predicted octanol–water partition coefficient (Wildman–Crippen LogP) is 11.5. The second-order valence-electron chi connectivity index (χ2n) is 11.8. The van der Waals surface area contributed by atoms with E-state index in [1.807, 2.05) is 0 Å². The molecule has 0 saturated heterocycles. The van der Waals surface area contributed by atoms with Crippen LogP contribution in [0.1, 0.15) is 180 Å². The number of ether oxygens (including phenoxy) is 1. The van der Waals surface area contributed by atoms with Crippen molar-refractivity contribution < 1.29 is 19.4 Å². The third kappa shape index (κ3) is 29.4. The van der Waals surface area contributed by atoms with Crippen LogP contribution in [0.2, 0.25) is 0 Å². The number of unbranched alkanes of at least 4 members (excludes halogenated alkanes) is 23. The molecule has 0 aliphatic carbocycles. The third-order valence-corrected chi connectivity index (χ3v) is 7.91. The predicted molar refractivity (Wildman–Crippen MR) is 172 cm³/mol. The maximum atomic E-state index is 12.0. The molecule has 0 amide bonds. The van der Waals surface area contributed by atoms with Crippen LogP contribution in [0.5, 0.6) is 0 Å². The van der Waals surface area contributed by atoms with Crippen LogP contribution < -0.4 is 0 Å². The summed E-state index contributed by atoms with van der Waals surface area (Å²) in [7, 11) is 0. The first-order valence-corrected chi connectivity index (χ1v) is 17.3. The molecule has 1 N–H and O–H groups in total. The Kier molecular flexibility index (Phi) is 30.7. The standard InChI is InChI=1S/C36H66O4/c1-3-5-6-7-8-9-10-11-12-13-14-15-16-17-18-19-20-21-22-23-24-25-26-27-28-29-30-31-34(33-35(37)38)36(39)40-32-4-2/h4,8-9,34H,2-3,5-7,10-33H2,1H3,(H,37,38)/b9-8+. The minimum absolute atomic E-state index is 0.145. The fourth-order valence-electron chi connectivity index (χ4n) is 5.36. The second kappa shape index (κ2) is 31.9. The Morgan fingerprint density at radius 1 is 0.625 bits per heavy atom. The van der Waals surface area contributed by atoms with Gasteiger partial charge in [-0.25, -0.2) is 0 Å². The van der Waals surface area contributed by atoms with Gasteiger partial charge in [0.25, 0.3) is 0 Å². The highest BCUT2D eigenvalue weighted by molar-refractivity contribution is 5.79. The first kappa shape index (κ1) is 38.4. The highest BCUT2D eigenvalue weighted by Crippen LogP contribution is 2.18. The van der Waals surface area contributed by atoms with Gasteiger partial charge >= 0.3 is 11.9 Å². The Labute approximate surface area is 248 Å². The molecule has 0 rings (SSSR count). The van der Waals surface area contributed by atoms with E-state index >= 15 is 0 Å². The summed E-state index contributed by atoms with van der Waals surface area (Å²) in [5.74, 6) is -1.88. The number of esters is 1. The number of hydrogen-bond acceptors (Lipinski definition) is 3. The van der Waals surface area contributed by atoms with Crippen molar-refractivity contribution in [3.63, 3.8) is 0 Å². The van der Waals surface area contributed by atoms with Crippen molar-refractivity contribution >= 4 is 11.9 Å². The number of carboxylic acids is 1. The fourth-order valence-corrected chi connectivity index (χ4v) is 5.36. The van der Waals surface area contributed by atoms with Crippen molar-refractivity contribution in [1.29, 1.82) is 0 Å². The molecule has 0 heterocycles. The Balaban J connectivity index is 3.32. The van der Waals surface area contributed by atoms with E-state index in [1.165, 1.54) is 154 Å². The van der Waals surface area contributed by atoms with Gasteiger partial charge in [0.15, 0.2) is 0 Å². The zero-order valence-corrected chi connectivity index (χ0v) is 26.5. The van der Waals surface area contributed by atoms with Crippen LogP contribution in [0, 0.1) is 5.92 Å². The van der Waals surface area contributed by atoms with E-state index in [0.717, 1.165) is 12.8 Å². The summed E-state index contributed by atoms with van der Waals surface area (Å²) in [5.41, 5.74) is 0. The van der Waals surface area contributed by atoms with Gasteiger partial charge in [-0.2, -0.15) is 0 Å². The van der Waals surface area contributed by atoms with Gasteiger partial charge in [0, 0.05) is 0 Å². The van der Waals surface area contributed by atoms with Crippen LogP contribution in [-0.4, -0.2) is 23.7 Å². The van der Waals surface area contributed by atoms with Gasteiger partial charge < -0.3 is 9.84 Å². The molecule has 234 valence electrons. The van der Waals surface area contributed by atoms with Gasteiger partial charge in [-0.1, -0.05) is 167 Å². The molecule has 1 atom stereocenters. The van der Waals surface area contributed by atoms with Crippen molar-refractivity contribution in [2.24, 2.45) is 5.92 Å². The number of carbonyl (C=O) groups excluding carboxylic acids is 1. The van der Waals surface area contributed by atoms with E-state index in [2.05, 4.69) is 25.7 Å². The van der Waals surface area contributed by atoms with E-state index in [-0.39, 0.29) is 13.0 Å². The van der Waals surface area contributed by atoms with Crippen molar-refractivity contribution in [2.75, 3.05) is 6.61 Å². The van der Waals surface area contributed by atoms with Crippen LogP contribution in [0.3, 0.4) is 0 Å². The maximum absolute atomic E-state index is 12.0. The average Bonchev–Trinajstić information content (AvgIpc) is 2.94. The molecule has 0 bridgehead atoms. The summed E-state index contributed by atoms with van der Waals surface area (Å²) < 4.78 is 5.04. The lowest BCUT2D eigenvalue weighted by Gasteiger charge is -2.13. The van der Waals surface area contributed by atoms with Gasteiger partial charge in [0.1, 0.15) is 6.61 Å². The Hall–Kier alpha value is -1.58. The summed E-state index contributed by atoms with van der Waals surface area (Å²) in [6.07, 6.45) is 40.0. The third-order valence-electron chi connectivity index (χ3n) is 7.91. The molecular weight excluding hydrogens is 496 g/mol. The number of allylic oxidation sites excluding steroid dienone is 2. The second-order valence-corrected chi connectivity index (χ2v) is 11.8. The first-order valence-electron chi connectivity index (χ1n) is 17.3. The minimum Gasteiger partial charge on any atom is -0.481 e. The van der Waals surface area contributed by atoms with Gasteiger partial charge in [-0.3, -0.25) is 9.59 Å². The van der Waals surface area contributed by atoms with E-state index in [0.29, 0.717) is 6.42 Å². The molecule has 0 radical (unpaired) electrons. The van der Waals surface area contributed by atoms with Crippen LogP contribution >= 0.6 is 0 Å². The fraction of sp³-hybridized carbons (Fsp3) is 0.833. The maximum Gasteiger partial charge on any atom is 0.309 e. The summed E-state index contributed by atoms with van der Waals surface area (Å²) in [4.78, 5) is 23.0. The Morgan fingerprint density at radius 2 is 1.00 bits per heavy atom. The molecule has 4 heteroatoms. The van der Waals surface area contributed by atoms with Crippen molar-refractivity contribution in [2.45, 2.75) is 180 Å². The van der Waals surface area contributed by atoms with Gasteiger partial charge in [0.2, 0.25) is 0 Å². The SMILES string of the molecule is C=CCOC(=O)C(CCCCCCCCCCCCCCCCCCCCCC/C=C/CCCCC)CC(=O)O. The summed E-state index contributed by atoms with van der Waals surface area (Å²) >= 11 is 0. The zero-order valence-electron chi connectivity index (χ0n) is 26.5. The molecule has 40 heavy (non-hydrogen) atoms. The van der Waals surface area contributed by atoms with E-state index in [1.54, 1.807) is 0 Å². The lowest BCUT2D eigenvalue weighted by Crippen LogP contribution is -2.21. The number of carbonyl (C=O) groups is 2. The molecule has 0 aromatic carbocycles. The molecular formula is C36H66O4. The van der Waals surface area contributed by atoms with Crippen LogP contribution in [0.4, 0.5) is 0 Å². The van der Waals surface area contributed by atoms with E-state index in [4.69, 9.17) is 9.84 Å². The molecule has 0 aromatic heterocycles. The molecule has 0 saturated carbocycles. The summed E-state index contributed by atoms with van der Waals surface area (Å²) in [5, 5.41) is 9.03. The van der Waals surface area contributed by atoms with Crippen molar-refractivity contribution in [3.05, 3.63) is 24.8 Å². The van der Waals surface area contributed by atoms with E-state index < -0.39 is 17.9 Å². The summed E-state index contributed by atoms with van der Waals surface area (Å²) in [6, 6.07) is 0. The monoisotopic (exact) mass is 562 g/mol. The quantitative estimate of drug-likeness (QED) is 0.0503. The molecule has 4 nitrogen and oxygen atoms in total. The number of aliphatic carboxylic acids is 1. The van der Waals surface area contributed by atoms with Gasteiger partial charge in [-0.15, -0.1) is 0 Å². The van der Waals surface area contributed by atoms with Crippen LogP contribution in [0.15, 0.2) is 24.8 Å². The van der Waals surface area contributed by atoms with Crippen LogP contribution in [-0.2, 0) is 14.3 Å². The molecule has 0 aromatic rings. The minimum atomic E-state index is -0.941. The number of hydrogen-bond donors (Lipinski definition) is 1. The lowest BCUT2D eigenvalue weighted by molar-refractivity contribution is -0.152. The number of carboxylic acid groups (broad SMARTS) is 1. The molecule has 1 unspecified atom stereocenters. The highest BCUT2D eigenvalue weighted by Gasteiger charge is 2.22. The Bertz CT molecular complexity index is 598. The van der Waals surface area contributed by atoms with Crippen LogP contribution in [0.25, 0.3) is 0 Å². The lowest BCUT2D eigenvalue weighted by atomic mass is 9.97. The van der Waals surface area contributed by atoms with Crippen molar-refractivity contribution in [1.82, 2.24) is 0 Å². The zero-order chi connectivity index (χ0) is 29.4.